The summed E-state index contributed by atoms with van der Waals surface area (Å²) >= 11 is 8.65. The summed E-state index contributed by atoms with van der Waals surface area (Å²) in [7, 11) is 0. The fraction of sp³-hybridized carbons (Fsp3) is 0.286. The van der Waals surface area contributed by atoms with Crippen molar-refractivity contribution in [2.24, 2.45) is 0 Å². The van der Waals surface area contributed by atoms with Crippen LogP contribution in [0.5, 0.6) is 0 Å². The molecule has 0 aromatic carbocycles. The lowest BCUT2D eigenvalue weighted by atomic mass is 10.2. The molecule has 1 aromatic heterocycles. The Morgan fingerprint density at radius 3 is 2.75 bits per heavy atom. The van der Waals surface area contributed by atoms with Crippen molar-refractivity contribution in [3.63, 3.8) is 0 Å². The Morgan fingerprint density at radius 1 is 1.58 bits per heavy atom. The van der Waals surface area contributed by atoms with Crippen molar-refractivity contribution in [2.45, 2.75) is 11.8 Å². The van der Waals surface area contributed by atoms with Gasteiger partial charge in [0.05, 0.1) is 5.02 Å². The van der Waals surface area contributed by atoms with Crippen LogP contribution in [0.2, 0.25) is 5.02 Å². The molecule has 0 unspecified atom stereocenters. The molecule has 0 bridgehead atoms. The highest BCUT2D eigenvalue weighted by molar-refractivity contribution is 9.08. The molecule has 0 N–H and O–H groups in total. The van der Waals surface area contributed by atoms with E-state index in [0.717, 1.165) is 0 Å². The Bertz CT molecular complexity index is 280. The fourth-order valence-corrected chi connectivity index (χ4v) is 1.42. The lowest BCUT2D eigenvalue weighted by Crippen LogP contribution is -1.95. The smallest absolute Gasteiger partial charge is 0.253 e. The van der Waals surface area contributed by atoms with Gasteiger partial charge in [-0.2, -0.15) is 0 Å². The average molecular weight is 256 g/mol. The summed E-state index contributed by atoms with van der Waals surface area (Å²) in [5.74, 6) is 0. The summed E-state index contributed by atoms with van der Waals surface area (Å²) in [5.41, 5.74) is 0.216. The van der Waals surface area contributed by atoms with E-state index in [9.17, 15) is 8.78 Å². The van der Waals surface area contributed by atoms with Crippen LogP contribution in [0.15, 0.2) is 12.3 Å². The highest BCUT2D eigenvalue weighted by atomic mass is 79.9. The van der Waals surface area contributed by atoms with E-state index in [2.05, 4.69) is 20.9 Å². The summed E-state index contributed by atoms with van der Waals surface area (Å²) in [6, 6.07) is 1.48. The van der Waals surface area contributed by atoms with E-state index in [-0.39, 0.29) is 5.69 Å². The maximum Gasteiger partial charge on any atom is 0.280 e. The largest absolute Gasteiger partial charge is 0.280 e. The molecule has 1 aromatic rings. The molecule has 0 aliphatic rings. The molecule has 66 valence electrons. The molecule has 0 aliphatic heterocycles. The number of hydrogen-bond acceptors (Lipinski definition) is 1. The number of pyridine rings is 1. The third-order valence-electron chi connectivity index (χ3n) is 1.32. The van der Waals surface area contributed by atoms with E-state index in [1.165, 1.54) is 12.3 Å². The maximum atomic E-state index is 12.2. The van der Waals surface area contributed by atoms with Crippen molar-refractivity contribution in [3.8, 4) is 0 Å². The standard InChI is InChI=1S/C7H5BrClF2N/c8-2-4-1-5(9)3-12-6(4)7(10)11/h1,3,7H,2H2. The SMILES string of the molecule is FC(F)c1ncc(Cl)cc1CBr. The van der Waals surface area contributed by atoms with Crippen LogP contribution in [0, 0.1) is 0 Å². The van der Waals surface area contributed by atoms with Crippen LogP contribution in [0.25, 0.3) is 0 Å². The highest BCUT2D eigenvalue weighted by Crippen LogP contribution is 2.24. The molecule has 0 atom stereocenters. The van der Waals surface area contributed by atoms with E-state index >= 15 is 0 Å². The van der Waals surface area contributed by atoms with Gasteiger partial charge < -0.3 is 0 Å². The van der Waals surface area contributed by atoms with Gasteiger partial charge in [0.2, 0.25) is 0 Å². The van der Waals surface area contributed by atoms with Gasteiger partial charge in [0.15, 0.2) is 0 Å². The number of alkyl halides is 3. The Morgan fingerprint density at radius 2 is 2.25 bits per heavy atom. The molecule has 0 radical (unpaired) electrons. The summed E-state index contributed by atoms with van der Waals surface area (Å²) in [5, 5.41) is 0.703. The third kappa shape index (κ3) is 2.14. The van der Waals surface area contributed by atoms with Gasteiger partial charge >= 0.3 is 0 Å². The first kappa shape index (κ1) is 9.86. The predicted molar refractivity (Wildman–Crippen MR) is 46.8 cm³/mol. The van der Waals surface area contributed by atoms with Gasteiger partial charge in [-0.1, -0.05) is 27.5 Å². The molecule has 0 aliphatic carbocycles. The first-order valence-electron chi connectivity index (χ1n) is 3.13. The van der Waals surface area contributed by atoms with Crippen molar-refractivity contribution in [1.29, 1.82) is 0 Å². The van der Waals surface area contributed by atoms with Crippen molar-refractivity contribution in [1.82, 2.24) is 4.98 Å². The average Bonchev–Trinajstić information content (AvgIpc) is 2.03. The van der Waals surface area contributed by atoms with Gasteiger partial charge in [0, 0.05) is 11.5 Å². The number of hydrogen-bond donors (Lipinski definition) is 0. The topological polar surface area (TPSA) is 12.9 Å². The summed E-state index contributed by atoms with van der Waals surface area (Å²) < 4.78 is 24.4. The van der Waals surface area contributed by atoms with Gasteiger partial charge in [0.25, 0.3) is 6.43 Å². The minimum absolute atomic E-state index is 0.212. The lowest BCUT2D eigenvalue weighted by Gasteiger charge is -2.04. The molecular weight excluding hydrogens is 251 g/mol. The van der Waals surface area contributed by atoms with Crippen LogP contribution in [-0.4, -0.2) is 4.98 Å². The van der Waals surface area contributed by atoms with Crippen molar-refractivity contribution in [2.75, 3.05) is 0 Å². The number of halogens is 4. The summed E-state index contributed by atoms with van der Waals surface area (Å²) in [6.45, 7) is 0. The van der Waals surface area contributed by atoms with Crippen LogP contribution in [0.1, 0.15) is 17.7 Å². The van der Waals surface area contributed by atoms with Crippen LogP contribution >= 0.6 is 27.5 Å². The normalized spacial score (nSPS) is 10.8. The molecule has 1 rings (SSSR count). The van der Waals surface area contributed by atoms with Crippen molar-refractivity contribution < 1.29 is 8.78 Å². The minimum atomic E-state index is -2.55. The summed E-state index contributed by atoms with van der Waals surface area (Å²) in [4.78, 5) is 3.54. The Balaban J connectivity index is 3.11. The van der Waals surface area contributed by atoms with E-state index < -0.39 is 6.43 Å². The fourth-order valence-electron chi connectivity index (χ4n) is 0.795. The zero-order valence-electron chi connectivity index (χ0n) is 5.90. The van der Waals surface area contributed by atoms with E-state index in [0.29, 0.717) is 15.9 Å². The van der Waals surface area contributed by atoms with Gasteiger partial charge in [0.1, 0.15) is 5.69 Å². The van der Waals surface area contributed by atoms with Crippen molar-refractivity contribution in [3.05, 3.63) is 28.5 Å². The zero-order chi connectivity index (χ0) is 9.14. The Kier molecular flexibility index (Phi) is 3.40. The van der Waals surface area contributed by atoms with E-state index in [4.69, 9.17) is 11.6 Å². The molecule has 0 saturated heterocycles. The monoisotopic (exact) mass is 255 g/mol. The van der Waals surface area contributed by atoms with Gasteiger partial charge in [-0.05, 0) is 11.6 Å². The van der Waals surface area contributed by atoms with Crippen LogP contribution in [0.4, 0.5) is 8.78 Å². The second-order valence-corrected chi connectivity index (χ2v) is 3.13. The lowest BCUT2D eigenvalue weighted by molar-refractivity contribution is 0.145. The molecule has 0 spiro atoms. The molecule has 12 heavy (non-hydrogen) atoms. The Labute approximate surface area is 81.9 Å². The first-order chi connectivity index (χ1) is 5.65. The molecule has 5 heteroatoms. The minimum Gasteiger partial charge on any atom is -0.253 e. The second kappa shape index (κ2) is 4.14. The quantitative estimate of drug-likeness (QED) is 0.737. The van der Waals surface area contributed by atoms with E-state index in [1.54, 1.807) is 0 Å². The predicted octanol–water partition coefficient (Wildman–Crippen LogP) is 3.57. The number of nitrogens with zero attached hydrogens (tertiary/aromatic N) is 1. The van der Waals surface area contributed by atoms with Crippen molar-refractivity contribution >= 4 is 27.5 Å². The molecule has 1 heterocycles. The number of aromatic nitrogens is 1. The van der Waals surface area contributed by atoms with E-state index in [1.807, 2.05) is 0 Å². The molecular formula is C7H5BrClF2N. The molecule has 0 saturated carbocycles. The first-order valence-corrected chi connectivity index (χ1v) is 4.63. The maximum absolute atomic E-state index is 12.2. The van der Waals surface area contributed by atoms with Gasteiger partial charge in [-0.3, -0.25) is 4.98 Å². The number of rotatable bonds is 2. The Hall–Kier alpha value is -0.220. The van der Waals surface area contributed by atoms with Crippen LogP contribution in [0.3, 0.4) is 0 Å². The molecule has 0 fully saturated rings. The van der Waals surface area contributed by atoms with Crippen LogP contribution in [-0.2, 0) is 5.33 Å². The van der Waals surface area contributed by atoms with Gasteiger partial charge in [-0.25, -0.2) is 8.78 Å². The molecule has 0 amide bonds. The zero-order valence-corrected chi connectivity index (χ0v) is 8.24. The third-order valence-corrected chi connectivity index (χ3v) is 2.13. The van der Waals surface area contributed by atoms with Crippen LogP contribution < -0.4 is 0 Å². The second-order valence-electron chi connectivity index (χ2n) is 2.13. The summed E-state index contributed by atoms with van der Waals surface area (Å²) in [6.07, 6.45) is -1.33. The highest BCUT2D eigenvalue weighted by Gasteiger charge is 2.13. The molecule has 1 nitrogen and oxygen atoms in total. The van der Waals surface area contributed by atoms with Gasteiger partial charge in [-0.15, -0.1) is 0 Å².